The van der Waals surface area contributed by atoms with E-state index in [-0.39, 0.29) is 12.2 Å². The molecule has 14 heavy (non-hydrogen) atoms. The van der Waals surface area contributed by atoms with E-state index in [1.54, 1.807) is 6.92 Å². The molecule has 0 rings (SSSR count). The van der Waals surface area contributed by atoms with Gasteiger partial charge in [-0.1, -0.05) is 0 Å². The Morgan fingerprint density at radius 2 is 1.86 bits per heavy atom. The van der Waals surface area contributed by atoms with Gasteiger partial charge in [-0.25, -0.2) is 0 Å². The predicted octanol–water partition coefficient (Wildman–Crippen LogP) is 1.40. The van der Waals surface area contributed by atoms with Crippen LogP contribution in [0.1, 0.15) is 33.6 Å². The quantitative estimate of drug-likeness (QED) is 0.564. The van der Waals surface area contributed by atoms with Crippen molar-refractivity contribution in [1.29, 1.82) is 0 Å². The Labute approximate surface area is 101 Å². The standard InChI is InChI=1S/C6H10O3.C3H7O.Zr/c1-3-9-6(8)4-5(2)7;1-2-3-4;/h3-4H2,1-2H3;2-3H2,1H3;/q;-1;+1. The summed E-state index contributed by atoms with van der Waals surface area (Å²) < 4.78 is 9.27. The molecule has 0 N–H and O–H groups in total. The summed E-state index contributed by atoms with van der Waals surface area (Å²) >= 11 is 1.18. The van der Waals surface area contributed by atoms with Crippen molar-refractivity contribution < 1.29 is 42.3 Å². The van der Waals surface area contributed by atoms with Crippen molar-refractivity contribution in [3.8, 4) is 0 Å². The van der Waals surface area contributed by atoms with Crippen LogP contribution < -0.4 is 0 Å². The second kappa shape index (κ2) is 13.0. The fourth-order valence-corrected chi connectivity index (χ4v) is 1.02. The number of rotatable bonds is 5. The third kappa shape index (κ3) is 17.9. The van der Waals surface area contributed by atoms with E-state index in [0.717, 1.165) is 13.0 Å². The average molecular weight is 280 g/mol. The Kier molecular flexibility index (Phi) is 15.2. The third-order valence-corrected chi connectivity index (χ3v) is 1.51. The summed E-state index contributed by atoms with van der Waals surface area (Å²) in [7, 11) is 0. The molecule has 0 bridgehead atoms. The van der Waals surface area contributed by atoms with E-state index < -0.39 is 5.97 Å². The SMILES string of the molecule is CCC[O][Zr].CCOC(=O)CC(C)=O. The zero-order valence-electron chi connectivity index (χ0n) is 8.96. The molecule has 0 aliphatic heterocycles. The van der Waals surface area contributed by atoms with Gasteiger partial charge in [-0.3, -0.25) is 9.59 Å². The van der Waals surface area contributed by atoms with E-state index in [1.807, 2.05) is 0 Å². The van der Waals surface area contributed by atoms with Crippen LogP contribution in [0.25, 0.3) is 0 Å². The number of hydrogen-bond acceptors (Lipinski definition) is 4. The Hall–Kier alpha value is -0.0169. The first kappa shape index (κ1) is 16.4. The van der Waals surface area contributed by atoms with Crippen LogP contribution in [0.2, 0.25) is 0 Å². The molecule has 81 valence electrons. The largest absolute Gasteiger partial charge is 0.466 e. The maximum atomic E-state index is 10.4. The van der Waals surface area contributed by atoms with Crippen molar-refractivity contribution in [3.63, 3.8) is 0 Å². The molecular weight excluding hydrogens is 263 g/mol. The van der Waals surface area contributed by atoms with Crippen LogP contribution in [0.15, 0.2) is 0 Å². The number of ketones is 1. The molecule has 0 saturated carbocycles. The second-order valence-electron chi connectivity index (χ2n) is 2.53. The summed E-state index contributed by atoms with van der Waals surface area (Å²) in [6.07, 6.45) is 1.04. The van der Waals surface area contributed by atoms with Gasteiger partial charge in [-0.05, 0) is 13.8 Å². The van der Waals surface area contributed by atoms with E-state index in [1.165, 1.54) is 32.1 Å². The Bertz CT molecular complexity index is 157. The van der Waals surface area contributed by atoms with Gasteiger partial charge < -0.3 is 4.74 Å². The molecule has 0 fully saturated rings. The Balaban J connectivity index is 0. The van der Waals surface area contributed by atoms with Crippen molar-refractivity contribution in [3.05, 3.63) is 0 Å². The number of carbonyl (C=O) groups excluding carboxylic acids is 2. The molecular formula is C9H17O4Zr. The summed E-state index contributed by atoms with van der Waals surface area (Å²) in [6.45, 7) is 6.43. The predicted molar refractivity (Wildman–Crippen MR) is 48.2 cm³/mol. The van der Waals surface area contributed by atoms with E-state index >= 15 is 0 Å². The van der Waals surface area contributed by atoms with Gasteiger partial charge in [-0.15, -0.1) is 0 Å². The molecule has 0 aromatic rings. The minimum absolute atomic E-state index is 0.103. The van der Waals surface area contributed by atoms with Gasteiger partial charge >= 0.3 is 53.9 Å². The summed E-state index contributed by atoms with van der Waals surface area (Å²) in [4.78, 5) is 20.6. The van der Waals surface area contributed by atoms with Crippen LogP contribution in [-0.2, 0) is 42.3 Å². The molecule has 0 atom stereocenters. The molecule has 0 radical (unpaired) electrons. The average Bonchev–Trinajstić information content (AvgIpc) is 2.05. The molecule has 0 amide bonds. The summed E-state index contributed by atoms with van der Waals surface area (Å²) in [6, 6.07) is 0. The third-order valence-electron chi connectivity index (χ3n) is 1.00. The molecule has 0 unspecified atom stereocenters. The molecule has 0 heterocycles. The van der Waals surface area contributed by atoms with Crippen LogP contribution in [0.4, 0.5) is 0 Å². The Morgan fingerprint density at radius 3 is 2.07 bits per heavy atom. The van der Waals surface area contributed by atoms with Crippen molar-refractivity contribution in [2.75, 3.05) is 13.2 Å². The van der Waals surface area contributed by atoms with E-state index in [0.29, 0.717) is 6.61 Å². The number of carbonyl (C=O) groups is 2. The number of esters is 1. The molecule has 4 nitrogen and oxygen atoms in total. The van der Waals surface area contributed by atoms with Gasteiger partial charge in [0.15, 0.2) is 0 Å². The summed E-state index contributed by atoms with van der Waals surface area (Å²) in [5.41, 5.74) is 0. The van der Waals surface area contributed by atoms with Gasteiger partial charge in [0, 0.05) is 0 Å². The van der Waals surface area contributed by atoms with Gasteiger partial charge in [-0.2, -0.15) is 0 Å². The maximum absolute atomic E-state index is 10.4. The molecule has 0 aliphatic rings. The van der Waals surface area contributed by atoms with Crippen molar-refractivity contribution in [1.82, 2.24) is 0 Å². The first-order valence-corrected chi connectivity index (χ1v) is 5.52. The van der Waals surface area contributed by atoms with E-state index in [2.05, 4.69) is 11.7 Å². The molecule has 0 aromatic heterocycles. The Morgan fingerprint density at radius 1 is 1.29 bits per heavy atom. The summed E-state index contributed by atoms with van der Waals surface area (Å²) in [5.74, 6) is -0.599. The van der Waals surface area contributed by atoms with Crippen molar-refractivity contribution in [2.45, 2.75) is 33.6 Å². The van der Waals surface area contributed by atoms with Crippen LogP contribution in [0.5, 0.6) is 0 Å². The van der Waals surface area contributed by atoms with Crippen LogP contribution in [0.3, 0.4) is 0 Å². The molecule has 0 spiro atoms. The fourth-order valence-electron chi connectivity index (χ4n) is 0.517. The van der Waals surface area contributed by atoms with E-state index in [9.17, 15) is 9.59 Å². The second-order valence-corrected chi connectivity index (χ2v) is 3.24. The van der Waals surface area contributed by atoms with Gasteiger partial charge in [0.25, 0.3) is 0 Å². The number of Topliss-reactive ketones (excluding diaryl/α,β-unsaturated/α-hetero) is 1. The minimum atomic E-state index is -0.440. The first-order chi connectivity index (χ1) is 6.58. The maximum Gasteiger partial charge on any atom is 0.313 e. The summed E-state index contributed by atoms with van der Waals surface area (Å²) in [5, 5.41) is 0. The molecule has 5 heteroatoms. The van der Waals surface area contributed by atoms with Gasteiger partial charge in [0.05, 0.1) is 6.61 Å². The first-order valence-electron chi connectivity index (χ1n) is 4.52. The van der Waals surface area contributed by atoms with Crippen molar-refractivity contribution in [2.24, 2.45) is 0 Å². The minimum Gasteiger partial charge on any atom is -0.466 e. The zero-order valence-corrected chi connectivity index (χ0v) is 11.4. The van der Waals surface area contributed by atoms with Crippen LogP contribution in [0, 0.1) is 0 Å². The van der Waals surface area contributed by atoms with Crippen LogP contribution >= 0.6 is 0 Å². The monoisotopic (exact) mass is 279 g/mol. The molecule has 0 saturated heterocycles. The fraction of sp³-hybridized carbons (Fsp3) is 0.778. The zero-order chi connectivity index (χ0) is 11.4. The topological polar surface area (TPSA) is 52.6 Å². The van der Waals surface area contributed by atoms with Crippen molar-refractivity contribution >= 4 is 11.8 Å². The molecule has 0 aromatic carbocycles. The normalized spacial score (nSPS) is 8.43. The van der Waals surface area contributed by atoms with E-state index in [4.69, 9.17) is 2.81 Å². The molecule has 0 aliphatic carbocycles. The van der Waals surface area contributed by atoms with Gasteiger partial charge in [0.2, 0.25) is 0 Å². The van der Waals surface area contributed by atoms with Gasteiger partial charge in [0.1, 0.15) is 12.2 Å². The number of hydrogen-bond donors (Lipinski definition) is 0. The number of ether oxygens (including phenoxy) is 1. The van der Waals surface area contributed by atoms with Crippen LogP contribution in [-0.4, -0.2) is 25.0 Å². The smallest absolute Gasteiger partial charge is 0.313 e.